The average molecular weight is 233 g/mol. The third-order valence-electron chi connectivity index (χ3n) is 2.25. The van der Waals surface area contributed by atoms with Crippen LogP contribution in [0.1, 0.15) is 24.8 Å². The van der Waals surface area contributed by atoms with Gasteiger partial charge in [0.25, 0.3) is 0 Å². The molecule has 0 aromatic heterocycles. The number of unbranched alkanes of at least 4 members (excludes halogenated alkanes) is 2. The maximum atomic E-state index is 10.6. The Morgan fingerprint density at radius 2 is 2.12 bits per heavy atom. The van der Waals surface area contributed by atoms with Gasteiger partial charge in [0.15, 0.2) is 0 Å². The number of hydrogen-bond donors (Lipinski definition) is 1. The van der Waals surface area contributed by atoms with Crippen molar-refractivity contribution >= 4 is 5.97 Å². The van der Waals surface area contributed by atoms with Gasteiger partial charge in [0.1, 0.15) is 5.75 Å². The van der Waals surface area contributed by atoms with Crippen LogP contribution in [0.3, 0.4) is 0 Å². The predicted molar refractivity (Wildman–Crippen MR) is 62.7 cm³/mol. The summed E-state index contributed by atoms with van der Waals surface area (Å²) in [5.41, 5.74) is 0.681. The fourth-order valence-corrected chi connectivity index (χ4v) is 1.44. The molecule has 0 amide bonds. The van der Waals surface area contributed by atoms with Gasteiger partial charge in [-0.1, -0.05) is 18.2 Å². The van der Waals surface area contributed by atoms with Crippen LogP contribution in [-0.2, 0) is 11.2 Å². The van der Waals surface area contributed by atoms with Gasteiger partial charge in [-0.3, -0.25) is 4.79 Å². The van der Waals surface area contributed by atoms with Gasteiger partial charge in [-0.2, -0.15) is 5.26 Å². The van der Waals surface area contributed by atoms with E-state index >= 15 is 0 Å². The summed E-state index contributed by atoms with van der Waals surface area (Å²) < 4.78 is 5.51. The maximum Gasteiger partial charge on any atom is 0.307 e. The highest BCUT2D eigenvalue weighted by Gasteiger charge is 2.06. The molecule has 0 aliphatic rings. The molecule has 0 unspecified atom stereocenters. The standard InChI is InChI=1S/C13H15NO3/c14-8-4-1-5-9-17-12-7-3-2-6-11(12)10-13(15)16/h2-3,6-7H,1,4-5,9-10H2,(H,15,16). The highest BCUT2D eigenvalue weighted by molar-refractivity contribution is 5.71. The lowest BCUT2D eigenvalue weighted by Crippen LogP contribution is -2.04. The van der Waals surface area contributed by atoms with E-state index in [9.17, 15) is 4.79 Å². The number of carboxylic acids is 1. The van der Waals surface area contributed by atoms with E-state index in [0.717, 1.165) is 12.8 Å². The first-order chi connectivity index (χ1) is 8.24. The molecule has 4 heteroatoms. The van der Waals surface area contributed by atoms with Crippen molar-refractivity contribution in [3.8, 4) is 11.8 Å². The largest absolute Gasteiger partial charge is 0.493 e. The Balaban J connectivity index is 2.46. The van der Waals surface area contributed by atoms with E-state index in [2.05, 4.69) is 6.07 Å². The van der Waals surface area contributed by atoms with Gasteiger partial charge in [0, 0.05) is 12.0 Å². The first-order valence-corrected chi connectivity index (χ1v) is 5.53. The van der Waals surface area contributed by atoms with Crippen molar-refractivity contribution in [3.63, 3.8) is 0 Å². The molecule has 1 aromatic carbocycles. The van der Waals surface area contributed by atoms with Gasteiger partial charge >= 0.3 is 5.97 Å². The quantitative estimate of drug-likeness (QED) is 0.734. The van der Waals surface area contributed by atoms with Crippen LogP contribution in [-0.4, -0.2) is 17.7 Å². The smallest absolute Gasteiger partial charge is 0.307 e. The lowest BCUT2D eigenvalue weighted by Gasteiger charge is -2.09. The Kier molecular flexibility index (Phi) is 5.59. The summed E-state index contributed by atoms with van der Waals surface area (Å²) in [7, 11) is 0. The number of aliphatic carboxylic acids is 1. The van der Waals surface area contributed by atoms with Crippen LogP contribution in [0.25, 0.3) is 0 Å². The molecule has 0 aliphatic heterocycles. The SMILES string of the molecule is N#CCCCCOc1ccccc1CC(=O)O. The second-order valence-corrected chi connectivity index (χ2v) is 3.64. The average Bonchev–Trinajstić information content (AvgIpc) is 2.30. The number of ether oxygens (including phenoxy) is 1. The first-order valence-electron chi connectivity index (χ1n) is 5.53. The summed E-state index contributed by atoms with van der Waals surface area (Å²) in [5, 5.41) is 17.1. The van der Waals surface area contributed by atoms with E-state index in [1.165, 1.54) is 0 Å². The molecule has 4 nitrogen and oxygen atoms in total. The fourth-order valence-electron chi connectivity index (χ4n) is 1.44. The molecule has 17 heavy (non-hydrogen) atoms. The van der Waals surface area contributed by atoms with E-state index in [4.69, 9.17) is 15.1 Å². The third kappa shape index (κ3) is 5.03. The summed E-state index contributed by atoms with van der Waals surface area (Å²) >= 11 is 0. The molecule has 1 aromatic rings. The van der Waals surface area contributed by atoms with E-state index in [0.29, 0.717) is 24.3 Å². The number of carbonyl (C=O) groups is 1. The molecule has 1 N–H and O–H groups in total. The predicted octanol–water partition coefficient (Wildman–Crippen LogP) is 2.39. The van der Waals surface area contributed by atoms with Crippen molar-refractivity contribution in [2.75, 3.05) is 6.61 Å². The Bertz CT molecular complexity index is 409. The number of nitriles is 1. The van der Waals surface area contributed by atoms with Gasteiger partial charge < -0.3 is 9.84 Å². The van der Waals surface area contributed by atoms with Gasteiger partial charge in [-0.25, -0.2) is 0 Å². The number of para-hydroxylation sites is 1. The van der Waals surface area contributed by atoms with Crippen LogP contribution in [0.2, 0.25) is 0 Å². The summed E-state index contributed by atoms with van der Waals surface area (Å²) in [6.07, 6.45) is 2.10. The second kappa shape index (κ2) is 7.29. The summed E-state index contributed by atoms with van der Waals surface area (Å²) in [6.45, 7) is 0.512. The van der Waals surface area contributed by atoms with E-state index in [1.807, 2.05) is 6.07 Å². The third-order valence-corrected chi connectivity index (χ3v) is 2.25. The maximum absolute atomic E-state index is 10.6. The van der Waals surface area contributed by atoms with E-state index in [-0.39, 0.29) is 6.42 Å². The lowest BCUT2D eigenvalue weighted by molar-refractivity contribution is -0.136. The molecule has 0 fully saturated rings. The summed E-state index contributed by atoms with van der Waals surface area (Å²) in [6, 6.07) is 9.19. The van der Waals surface area contributed by atoms with Crippen molar-refractivity contribution in [1.82, 2.24) is 0 Å². The van der Waals surface area contributed by atoms with Crippen LogP contribution in [0.15, 0.2) is 24.3 Å². The van der Waals surface area contributed by atoms with Crippen molar-refractivity contribution in [3.05, 3.63) is 29.8 Å². The fraction of sp³-hybridized carbons (Fsp3) is 0.385. The zero-order valence-corrected chi connectivity index (χ0v) is 9.56. The number of nitrogens with zero attached hydrogens (tertiary/aromatic N) is 1. The Hall–Kier alpha value is -2.02. The molecule has 0 radical (unpaired) electrons. The minimum Gasteiger partial charge on any atom is -0.493 e. The van der Waals surface area contributed by atoms with Gasteiger partial charge in [-0.15, -0.1) is 0 Å². The van der Waals surface area contributed by atoms with Crippen LogP contribution in [0.5, 0.6) is 5.75 Å². The molecule has 0 heterocycles. The van der Waals surface area contributed by atoms with Crippen molar-refractivity contribution in [2.24, 2.45) is 0 Å². The number of benzene rings is 1. The minimum absolute atomic E-state index is 0.0334. The van der Waals surface area contributed by atoms with Gasteiger partial charge in [0.05, 0.1) is 19.1 Å². The van der Waals surface area contributed by atoms with Gasteiger partial charge in [0.2, 0.25) is 0 Å². The topological polar surface area (TPSA) is 70.3 Å². The molecule has 0 aliphatic carbocycles. The van der Waals surface area contributed by atoms with Crippen LogP contribution < -0.4 is 4.74 Å². The Labute approximate surface area is 100 Å². The normalized spacial score (nSPS) is 9.59. The molecule has 0 bridgehead atoms. The molecule has 0 saturated heterocycles. The van der Waals surface area contributed by atoms with Crippen LogP contribution in [0.4, 0.5) is 0 Å². The molecular weight excluding hydrogens is 218 g/mol. The van der Waals surface area contributed by atoms with Crippen LogP contribution in [0, 0.1) is 11.3 Å². The molecule has 1 rings (SSSR count). The summed E-state index contributed by atoms with van der Waals surface area (Å²) in [5.74, 6) is -0.252. The van der Waals surface area contributed by atoms with Gasteiger partial charge in [-0.05, 0) is 18.9 Å². The van der Waals surface area contributed by atoms with Crippen LogP contribution >= 0.6 is 0 Å². The molecular formula is C13H15NO3. The molecule has 0 spiro atoms. The minimum atomic E-state index is -0.870. The zero-order valence-electron chi connectivity index (χ0n) is 9.56. The van der Waals surface area contributed by atoms with E-state index < -0.39 is 5.97 Å². The Morgan fingerprint density at radius 3 is 2.82 bits per heavy atom. The first kappa shape index (κ1) is 13.0. The molecule has 0 atom stereocenters. The van der Waals surface area contributed by atoms with Crippen molar-refractivity contribution < 1.29 is 14.6 Å². The molecule has 90 valence electrons. The second-order valence-electron chi connectivity index (χ2n) is 3.64. The lowest BCUT2D eigenvalue weighted by atomic mass is 10.1. The number of hydrogen-bond acceptors (Lipinski definition) is 3. The van der Waals surface area contributed by atoms with Crippen molar-refractivity contribution in [2.45, 2.75) is 25.7 Å². The zero-order chi connectivity index (χ0) is 12.5. The Morgan fingerprint density at radius 1 is 1.35 bits per heavy atom. The number of rotatable bonds is 7. The van der Waals surface area contributed by atoms with Crippen molar-refractivity contribution in [1.29, 1.82) is 5.26 Å². The highest BCUT2D eigenvalue weighted by Crippen LogP contribution is 2.18. The van der Waals surface area contributed by atoms with E-state index in [1.54, 1.807) is 18.2 Å². The number of carboxylic acid groups (broad SMARTS) is 1. The molecule has 0 saturated carbocycles. The summed E-state index contributed by atoms with van der Waals surface area (Å²) in [4.78, 5) is 10.6. The highest BCUT2D eigenvalue weighted by atomic mass is 16.5. The monoisotopic (exact) mass is 233 g/mol.